The molecule has 0 heterocycles. The maximum Gasteiger partial charge on any atom is 0.321 e. The molecule has 3 N–H and O–H groups in total. The standard InChI is InChI=1S/C30H45N3O3/c1-5-8-9-10-11-19-31-30(36)33(4)27-14-12-13-26(21-27)25-17-15-24(16-18-25)20-28(29(34)35)32-22-23(6-2)7-3/h12-18,21,23,28,32H,5-11,19-20,22H2,1-4H3,(H,31,36)(H,34,35)/t28-/m0/s1. The minimum absolute atomic E-state index is 0.0985. The van der Waals surface area contributed by atoms with Crippen LogP contribution in [0.4, 0.5) is 10.5 Å². The monoisotopic (exact) mass is 495 g/mol. The van der Waals surface area contributed by atoms with Gasteiger partial charge in [0.05, 0.1) is 0 Å². The molecule has 0 saturated heterocycles. The molecule has 0 aliphatic carbocycles. The number of hydrogen-bond donors (Lipinski definition) is 3. The Labute approximate surface area is 217 Å². The Balaban J connectivity index is 1.97. The molecular formula is C30H45N3O3. The summed E-state index contributed by atoms with van der Waals surface area (Å²) in [5, 5.41) is 15.9. The van der Waals surface area contributed by atoms with Crippen LogP contribution in [0.2, 0.25) is 0 Å². The highest BCUT2D eigenvalue weighted by Crippen LogP contribution is 2.25. The van der Waals surface area contributed by atoms with Crippen LogP contribution in [0.25, 0.3) is 11.1 Å². The molecule has 0 bridgehead atoms. The maximum absolute atomic E-state index is 12.6. The van der Waals surface area contributed by atoms with Crippen LogP contribution in [0.1, 0.15) is 71.3 Å². The third-order valence-corrected chi connectivity index (χ3v) is 6.93. The van der Waals surface area contributed by atoms with Crippen molar-refractivity contribution >= 4 is 17.7 Å². The maximum atomic E-state index is 12.6. The van der Waals surface area contributed by atoms with E-state index in [4.69, 9.17) is 0 Å². The highest BCUT2D eigenvalue weighted by molar-refractivity contribution is 5.92. The molecule has 198 valence electrons. The molecule has 0 fully saturated rings. The van der Waals surface area contributed by atoms with E-state index in [1.54, 1.807) is 11.9 Å². The third-order valence-electron chi connectivity index (χ3n) is 6.93. The van der Waals surface area contributed by atoms with Gasteiger partial charge in [-0.3, -0.25) is 9.69 Å². The summed E-state index contributed by atoms with van der Waals surface area (Å²) in [4.78, 5) is 26.0. The first kappa shape index (κ1) is 29.4. The molecule has 6 heteroatoms. The highest BCUT2D eigenvalue weighted by Gasteiger charge is 2.19. The number of benzene rings is 2. The smallest absolute Gasteiger partial charge is 0.321 e. The molecule has 0 aliphatic heterocycles. The highest BCUT2D eigenvalue weighted by atomic mass is 16.4. The average molecular weight is 496 g/mol. The number of amides is 2. The minimum atomic E-state index is -0.819. The van der Waals surface area contributed by atoms with E-state index in [-0.39, 0.29) is 6.03 Å². The van der Waals surface area contributed by atoms with Crippen molar-refractivity contribution in [3.63, 3.8) is 0 Å². The van der Waals surface area contributed by atoms with E-state index in [0.717, 1.165) is 54.6 Å². The normalized spacial score (nSPS) is 11.9. The van der Waals surface area contributed by atoms with Gasteiger partial charge in [-0.15, -0.1) is 0 Å². The average Bonchev–Trinajstić information content (AvgIpc) is 2.90. The van der Waals surface area contributed by atoms with E-state index < -0.39 is 12.0 Å². The van der Waals surface area contributed by atoms with Crippen LogP contribution in [0.3, 0.4) is 0 Å². The molecule has 2 amide bonds. The Kier molecular flexibility index (Phi) is 13.1. The number of urea groups is 1. The van der Waals surface area contributed by atoms with E-state index in [1.807, 2.05) is 48.5 Å². The lowest BCUT2D eigenvalue weighted by molar-refractivity contribution is -0.139. The predicted molar refractivity (Wildman–Crippen MR) is 150 cm³/mol. The minimum Gasteiger partial charge on any atom is -0.480 e. The summed E-state index contributed by atoms with van der Waals surface area (Å²) >= 11 is 0. The Morgan fingerprint density at radius 2 is 1.61 bits per heavy atom. The molecule has 0 spiro atoms. The molecule has 0 unspecified atom stereocenters. The van der Waals surface area contributed by atoms with Gasteiger partial charge in [0, 0.05) is 19.3 Å². The first-order valence-corrected chi connectivity index (χ1v) is 13.6. The second-order valence-corrected chi connectivity index (χ2v) is 9.64. The zero-order valence-corrected chi connectivity index (χ0v) is 22.6. The summed E-state index contributed by atoms with van der Waals surface area (Å²) in [6.07, 6.45) is 8.35. The number of unbranched alkanes of at least 4 members (excludes halogenated alkanes) is 4. The largest absolute Gasteiger partial charge is 0.480 e. The molecule has 0 radical (unpaired) electrons. The summed E-state index contributed by atoms with van der Waals surface area (Å²) in [6.45, 7) is 7.88. The number of carbonyl (C=O) groups excluding carboxylic acids is 1. The van der Waals surface area contributed by atoms with Crippen molar-refractivity contribution in [3.05, 3.63) is 54.1 Å². The number of nitrogens with zero attached hydrogens (tertiary/aromatic N) is 1. The van der Waals surface area contributed by atoms with Crippen molar-refractivity contribution in [2.75, 3.05) is 25.0 Å². The topological polar surface area (TPSA) is 81.7 Å². The zero-order chi connectivity index (χ0) is 26.3. The molecule has 36 heavy (non-hydrogen) atoms. The molecule has 6 nitrogen and oxygen atoms in total. The van der Waals surface area contributed by atoms with Gasteiger partial charge in [0.1, 0.15) is 6.04 Å². The Morgan fingerprint density at radius 3 is 2.25 bits per heavy atom. The predicted octanol–water partition coefficient (Wildman–Crippen LogP) is 6.49. The van der Waals surface area contributed by atoms with Gasteiger partial charge < -0.3 is 15.7 Å². The number of carbonyl (C=O) groups is 2. The van der Waals surface area contributed by atoms with E-state index in [2.05, 4.69) is 31.4 Å². The van der Waals surface area contributed by atoms with Crippen LogP contribution < -0.4 is 15.5 Å². The van der Waals surface area contributed by atoms with Gasteiger partial charge in [0.25, 0.3) is 0 Å². The van der Waals surface area contributed by atoms with Gasteiger partial charge in [-0.05, 0) is 54.1 Å². The van der Waals surface area contributed by atoms with Crippen molar-refractivity contribution in [3.8, 4) is 11.1 Å². The lowest BCUT2D eigenvalue weighted by Gasteiger charge is -2.19. The summed E-state index contributed by atoms with van der Waals surface area (Å²) < 4.78 is 0. The Morgan fingerprint density at radius 1 is 0.917 bits per heavy atom. The van der Waals surface area contributed by atoms with Crippen LogP contribution in [-0.2, 0) is 11.2 Å². The van der Waals surface area contributed by atoms with Crippen molar-refractivity contribution in [2.24, 2.45) is 5.92 Å². The molecular weight excluding hydrogens is 450 g/mol. The fourth-order valence-electron chi connectivity index (χ4n) is 4.26. The summed E-state index contributed by atoms with van der Waals surface area (Å²) in [5.41, 5.74) is 3.86. The van der Waals surface area contributed by atoms with Crippen molar-refractivity contribution in [1.82, 2.24) is 10.6 Å². The number of nitrogens with one attached hydrogen (secondary N) is 2. The molecule has 0 saturated carbocycles. The first-order chi connectivity index (χ1) is 17.4. The molecule has 1 atom stereocenters. The van der Waals surface area contributed by atoms with Gasteiger partial charge >= 0.3 is 12.0 Å². The van der Waals surface area contributed by atoms with Crippen molar-refractivity contribution in [2.45, 2.75) is 78.2 Å². The summed E-state index contributed by atoms with van der Waals surface area (Å²) in [6, 6.07) is 15.2. The lowest BCUT2D eigenvalue weighted by atomic mass is 9.99. The second-order valence-electron chi connectivity index (χ2n) is 9.64. The Hall–Kier alpha value is -2.86. The molecule has 0 aromatic heterocycles. The third kappa shape index (κ3) is 9.65. The van der Waals surface area contributed by atoms with Gasteiger partial charge in [0.15, 0.2) is 0 Å². The number of carboxylic acid groups (broad SMARTS) is 1. The number of aliphatic carboxylic acids is 1. The summed E-state index contributed by atoms with van der Waals surface area (Å²) in [5.74, 6) is -0.326. The molecule has 2 aromatic rings. The fraction of sp³-hybridized carbons (Fsp3) is 0.533. The van der Waals surface area contributed by atoms with Gasteiger partial charge in [0.2, 0.25) is 0 Å². The quantitative estimate of drug-likeness (QED) is 0.232. The lowest BCUT2D eigenvalue weighted by Crippen LogP contribution is -2.41. The van der Waals surface area contributed by atoms with E-state index in [0.29, 0.717) is 18.9 Å². The number of rotatable bonds is 16. The van der Waals surface area contributed by atoms with Crippen LogP contribution >= 0.6 is 0 Å². The van der Waals surface area contributed by atoms with Crippen LogP contribution in [0, 0.1) is 5.92 Å². The van der Waals surface area contributed by atoms with Crippen LogP contribution in [-0.4, -0.2) is 43.3 Å². The van der Waals surface area contributed by atoms with E-state index in [1.165, 1.54) is 19.3 Å². The van der Waals surface area contributed by atoms with E-state index >= 15 is 0 Å². The van der Waals surface area contributed by atoms with Gasteiger partial charge in [-0.1, -0.05) is 95.7 Å². The summed E-state index contributed by atoms with van der Waals surface area (Å²) in [7, 11) is 1.79. The van der Waals surface area contributed by atoms with Gasteiger partial charge in [-0.25, -0.2) is 4.79 Å². The molecule has 0 aliphatic rings. The first-order valence-electron chi connectivity index (χ1n) is 13.6. The van der Waals surface area contributed by atoms with Crippen molar-refractivity contribution in [1.29, 1.82) is 0 Å². The zero-order valence-electron chi connectivity index (χ0n) is 22.6. The van der Waals surface area contributed by atoms with Crippen molar-refractivity contribution < 1.29 is 14.7 Å². The van der Waals surface area contributed by atoms with Crippen LogP contribution in [0.5, 0.6) is 0 Å². The fourth-order valence-corrected chi connectivity index (χ4v) is 4.26. The number of hydrogen-bond acceptors (Lipinski definition) is 3. The number of anilines is 1. The van der Waals surface area contributed by atoms with Crippen LogP contribution in [0.15, 0.2) is 48.5 Å². The molecule has 2 aromatic carbocycles. The van der Waals surface area contributed by atoms with E-state index in [9.17, 15) is 14.7 Å². The Bertz CT molecular complexity index is 925. The SMILES string of the molecule is CCCCCCCNC(=O)N(C)c1cccc(-c2ccc(C[C@H](NCC(CC)CC)C(=O)O)cc2)c1. The molecule has 2 rings (SSSR count). The number of carboxylic acids is 1. The second kappa shape index (κ2) is 16.0. The van der Waals surface area contributed by atoms with Gasteiger partial charge in [-0.2, -0.15) is 0 Å².